The average Bonchev–Trinajstić information content (AvgIpc) is 3.04. The summed E-state index contributed by atoms with van der Waals surface area (Å²) < 4.78 is 33.9. The predicted molar refractivity (Wildman–Crippen MR) is 92.8 cm³/mol. The minimum atomic E-state index is -2.84. The zero-order chi connectivity index (χ0) is 18.4. The molecule has 0 saturated heterocycles. The second-order valence-electron chi connectivity index (χ2n) is 5.42. The Hall–Kier alpha value is -3.22. The van der Waals surface area contributed by atoms with Gasteiger partial charge in [-0.3, -0.25) is 4.79 Å². The standard InChI is InChI=1S/C19H16F2N2O3/c20-19(21)25-14-7-5-13(6-8-14)11-12-22-17(24)9-10-18-23-15-3-1-2-4-16(15)26-18/h1-10,19H,11-12H2,(H,22,24)/b10-9+. The number of alkyl halides is 2. The van der Waals surface area contributed by atoms with Crippen LogP contribution in [0, 0.1) is 0 Å². The molecule has 0 aliphatic rings. The molecule has 0 bridgehead atoms. The maximum absolute atomic E-state index is 12.1. The van der Waals surface area contributed by atoms with Gasteiger partial charge in [0.15, 0.2) is 5.58 Å². The quantitative estimate of drug-likeness (QED) is 0.653. The van der Waals surface area contributed by atoms with Crippen LogP contribution in [0.4, 0.5) is 8.78 Å². The Balaban J connectivity index is 1.46. The van der Waals surface area contributed by atoms with E-state index in [0.717, 1.165) is 11.1 Å². The maximum Gasteiger partial charge on any atom is 0.387 e. The molecule has 134 valence electrons. The number of nitrogens with zero attached hydrogens (tertiary/aromatic N) is 1. The van der Waals surface area contributed by atoms with Gasteiger partial charge in [-0.2, -0.15) is 8.78 Å². The molecule has 2 aromatic carbocycles. The smallest absolute Gasteiger partial charge is 0.387 e. The van der Waals surface area contributed by atoms with Gasteiger partial charge in [0.1, 0.15) is 11.3 Å². The van der Waals surface area contributed by atoms with Gasteiger partial charge in [-0.05, 0) is 36.2 Å². The summed E-state index contributed by atoms with van der Waals surface area (Å²) in [6.45, 7) is -2.43. The third-order valence-corrected chi connectivity index (χ3v) is 3.55. The Kier molecular flexibility index (Phi) is 5.58. The van der Waals surface area contributed by atoms with E-state index in [2.05, 4.69) is 15.0 Å². The van der Waals surface area contributed by atoms with E-state index in [-0.39, 0.29) is 11.7 Å². The highest BCUT2D eigenvalue weighted by molar-refractivity contribution is 5.91. The maximum atomic E-state index is 12.1. The molecule has 0 saturated carbocycles. The van der Waals surface area contributed by atoms with E-state index in [0.29, 0.717) is 24.4 Å². The van der Waals surface area contributed by atoms with Gasteiger partial charge in [0.2, 0.25) is 11.8 Å². The summed E-state index contributed by atoms with van der Waals surface area (Å²) in [4.78, 5) is 16.1. The Morgan fingerprint density at radius 1 is 1.19 bits per heavy atom. The van der Waals surface area contributed by atoms with Crippen LogP contribution in [0.2, 0.25) is 0 Å². The molecule has 1 N–H and O–H groups in total. The van der Waals surface area contributed by atoms with E-state index in [1.165, 1.54) is 24.3 Å². The van der Waals surface area contributed by atoms with Crippen molar-refractivity contribution in [1.29, 1.82) is 0 Å². The number of amides is 1. The number of nitrogens with one attached hydrogen (secondary N) is 1. The molecule has 7 heteroatoms. The first-order chi connectivity index (χ1) is 12.6. The van der Waals surface area contributed by atoms with Crippen molar-refractivity contribution in [2.75, 3.05) is 6.54 Å². The number of aromatic nitrogens is 1. The molecule has 3 rings (SSSR count). The molecule has 1 aromatic heterocycles. The van der Waals surface area contributed by atoms with Gasteiger partial charge < -0.3 is 14.5 Å². The van der Waals surface area contributed by atoms with Crippen LogP contribution >= 0.6 is 0 Å². The summed E-state index contributed by atoms with van der Waals surface area (Å²) in [5.41, 5.74) is 2.29. The number of hydrogen-bond donors (Lipinski definition) is 1. The Bertz CT molecular complexity index is 872. The molecule has 0 radical (unpaired) electrons. The number of rotatable bonds is 7. The van der Waals surface area contributed by atoms with Crippen molar-refractivity contribution in [2.24, 2.45) is 0 Å². The fourth-order valence-electron chi connectivity index (χ4n) is 2.33. The van der Waals surface area contributed by atoms with Gasteiger partial charge in [-0.25, -0.2) is 4.98 Å². The van der Waals surface area contributed by atoms with Crippen LogP contribution in [0.25, 0.3) is 17.2 Å². The summed E-state index contributed by atoms with van der Waals surface area (Å²) in [5, 5.41) is 2.74. The fourth-order valence-corrected chi connectivity index (χ4v) is 2.33. The van der Waals surface area contributed by atoms with E-state index in [1.54, 1.807) is 18.2 Å². The van der Waals surface area contributed by atoms with Crippen molar-refractivity contribution in [3.63, 3.8) is 0 Å². The molecule has 1 heterocycles. The molecule has 0 unspecified atom stereocenters. The Labute approximate surface area is 148 Å². The number of ether oxygens (including phenoxy) is 1. The molecule has 5 nitrogen and oxygen atoms in total. The lowest BCUT2D eigenvalue weighted by atomic mass is 10.1. The molecule has 0 spiro atoms. The van der Waals surface area contributed by atoms with Gasteiger partial charge in [0, 0.05) is 18.7 Å². The van der Waals surface area contributed by atoms with Crippen LogP contribution in [-0.4, -0.2) is 24.0 Å². The Morgan fingerprint density at radius 3 is 2.69 bits per heavy atom. The van der Waals surface area contributed by atoms with Crippen LogP contribution in [-0.2, 0) is 11.2 Å². The highest BCUT2D eigenvalue weighted by Gasteiger charge is 2.04. The third-order valence-electron chi connectivity index (χ3n) is 3.55. The van der Waals surface area contributed by atoms with E-state index in [9.17, 15) is 13.6 Å². The summed E-state index contributed by atoms with van der Waals surface area (Å²) in [5.74, 6) is 0.190. The largest absolute Gasteiger partial charge is 0.437 e. The minimum Gasteiger partial charge on any atom is -0.437 e. The first-order valence-corrected chi connectivity index (χ1v) is 7.95. The molecule has 3 aromatic rings. The van der Waals surface area contributed by atoms with Crippen molar-refractivity contribution >= 4 is 23.1 Å². The summed E-state index contributed by atoms with van der Waals surface area (Å²) >= 11 is 0. The van der Waals surface area contributed by atoms with Crippen LogP contribution in [0.3, 0.4) is 0 Å². The number of carbonyl (C=O) groups excluding carboxylic acids is 1. The highest BCUT2D eigenvalue weighted by atomic mass is 19.3. The number of carbonyl (C=O) groups is 1. The summed E-state index contributed by atoms with van der Waals surface area (Å²) in [6, 6.07) is 13.6. The van der Waals surface area contributed by atoms with Crippen LogP contribution in [0.5, 0.6) is 5.75 Å². The Morgan fingerprint density at radius 2 is 1.96 bits per heavy atom. The van der Waals surface area contributed by atoms with E-state index in [1.807, 2.05) is 18.2 Å². The van der Waals surface area contributed by atoms with Crippen LogP contribution in [0.1, 0.15) is 11.5 Å². The van der Waals surface area contributed by atoms with E-state index < -0.39 is 6.61 Å². The molecule has 0 aliphatic heterocycles. The third kappa shape index (κ3) is 4.89. The lowest BCUT2D eigenvalue weighted by Gasteiger charge is -2.06. The monoisotopic (exact) mass is 358 g/mol. The lowest BCUT2D eigenvalue weighted by Crippen LogP contribution is -2.23. The number of oxazole rings is 1. The molecule has 0 atom stereocenters. The van der Waals surface area contributed by atoms with Crippen molar-refractivity contribution in [3.8, 4) is 5.75 Å². The first-order valence-electron chi connectivity index (χ1n) is 7.95. The molecule has 0 fully saturated rings. The zero-order valence-electron chi connectivity index (χ0n) is 13.7. The normalized spacial score (nSPS) is 11.3. The first kappa shape index (κ1) is 17.6. The number of fused-ring (bicyclic) bond motifs is 1. The number of benzene rings is 2. The van der Waals surface area contributed by atoms with Crippen molar-refractivity contribution in [3.05, 3.63) is 66.1 Å². The van der Waals surface area contributed by atoms with Crippen LogP contribution in [0.15, 0.2) is 59.0 Å². The lowest BCUT2D eigenvalue weighted by molar-refractivity contribution is -0.116. The van der Waals surface area contributed by atoms with Gasteiger partial charge in [-0.1, -0.05) is 24.3 Å². The molecule has 1 amide bonds. The van der Waals surface area contributed by atoms with Gasteiger partial charge in [0.25, 0.3) is 0 Å². The zero-order valence-corrected chi connectivity index (χ0v) is 13.7. The minimum absolute atomic E-state index is 0.106. The molecular weight excluding hydrogens is 342 g/mol. The summed E-state index contributed by atoms with van der Waals surface area (Å²) in [7, 11) is 0. The predicted octanol–water partition coefficient (Wildman–Crippen LogP) is 3.80. The topological polar surface area (TPSA) is 64.4 Å². The van der Waals surface area contributed by atoms with E-state index in [4.69, 9.17) is 4.42 Å². The molecular formula is C19H16F2N2O3. The fraction of sp³-hybridized carbons (Fsp3) is 0.158. The van der Waals surface area contributed by atoms with Crippen molar-refractivity contribution < 1.29 is 22.7 Å². The van der Waals surface area contributed by atoms with Crippen molar-refractivity contribution in [2.45, 2.75) is 13.0 Å². The van der Waals surface area contributed by atoms with Gasteiger partial charge in [0.05, 0.1) is 0 Å². The molecule has 26 heavy (non-hydrogen) atoms. The average molecular weight is 358 g/mol. The van der Waals surface area contributed by atoms with Crippen molar-refractivity contribution in [1.82, 2.24) is 10.3 Å². The molecule has 0 aliphatic carbocycles. The highest BCUT2D eigenvalue weighted by Crippen LogP contribution is 2.16. The van der Waals surface area contributed by atoms with E-state index >= 15 is 0 Å². The summed E-state index contributed by atoms with van der Waals surface area (Å²) in [6.07, 6.45) is 3.42. The second-order valence-corrected chi connectivity index (χ2v) is 5.42. The second kappa shape index (κ2) is 8.24. The number of para-hydroxylation sites is 2. The van der Waals surface area contributed by atoms with Crippen LogP contribution < -0.4 is 10.1 Å². The number of halogens is 2. The number of hydrogen-bond acceptors (Lipinski definition) is 4. The SMILES string of the molecule is O=C(/C=C/c1nc2ccccc2o1)NCCc1ccc(OC(F)F)cc1. The van der Waals surface area contributed by atoms with Gasteiger partial charge >= 0.3 is 6.61 Å². The van der Waals surface area contributed by atoms with Gasteiger partial charge in [-0.15, -0.1) is 0 Å².